The molecule has 0 saturated carbocycles. The predicted octanol–water partition coefficient (Wildman–Crippen LogP) is 4.41. The van der Waals surface area contributed by atoms with Gasteiger partial charge in [-0.1, -0.05) is 49.4 Å². The number of pyridine rings is 1. The summed E-state index contributed by atoms with van der Waals surface area (Å²) in [5, 5.41) is 35.7. The van der Waals surface area contributed by atoms with Gasteiger partial charge < -0.3 is 30.4 Å². The van der Waals surface area contributed by atoms with Gasteiger partial charge in [0, 0.05) is 45.1 Å². The van der Waals surface area contributed by atoms with Gasteiger partial charge in [-0.2, -0.15) is 0 Å². The molecule has 0 bridgehead atoms. The molecule has 11 nitrogen and oxygen atoms in total. The summed E-state index contributed by atoms with van der Waals surface area (Å²) in [5.41, 5.74) is 2.30. The van der Waals surface area contributed by atoms with Gasteiger partial charge in [-0.05, 0) is 36.2 Å². The first-order valence-electron chi connectivity index (χ1n) is 13.6. The first kappa shape index (κ1) is 28.2. The van der Waals surface area contributed by atoms with Crippen LogP contribution in [0.2, 0.25) is 0 Å². The average molecular weight is 569 g/mol. The number of anilines is 2. The maximum absolute atomic E-state index is 13.4. The molecule has 11 heteroatoms. The van der Waals surface area contributed by atoms with Crippen molar-refractivity contribution in [3.05, 3.63) is 89.7 Å². The Kier molecular flexibility index (Phi) is 8.09. The fourth-order valence-electron chi connectivity index (χ4n) is 4.86. The van der Waals surface area contributed by atoms with Gasteiger partial charge in [0.25, 0.3) is 11.8 Å². The van der Waals surface area contributed by atoms with E-state index < -0.39 is 5.91 Å². The number of amides is 2. The van der Waals surface area contributed by atoms with Crippen LogP contribution in [0.1, 0.15) is 39.8 Å². The van der Waals surface area contributed by atoms with Crippen molar-refractivity contribution in [2.24, 2.45) is 12.0 Å². The van der Waals surface area contributed by atoms with Crippen LogP contribution in [0.25, 0.3) is 0 Å². The molecular formula is C31H32N6O5. The summed E-state index contributed by atoms with van der Waals surface area (Å²) in [6, 6.07) is 19.3. The van der Waals surface area contributed by atoms with E-state index in [1.807, 2.05) is 37.3 Å². The van der Waals surface area contributed by atoms with E-state index in [2.05, 4.69) is 15.3 Å². The summed E-state index contributed by atoms with van der Waals surface area (Å²) in [7, 11) is 1.49. The van der Waals surface area contributed by atoms with Crippen LogP contribution in [-0.4, -0.2) is 78.4 Å². The molecule has 42 heavy (non-hydrogen) atoms. The molecule has 1 aliphatic heterocycles. The van der Waals surface area contributed by atoms with Crippen molar-refractivity contribution in [1.29, 1.82) is 0 Å². The molecule has 4 N–H and O–H groups in total. The standard InChI is InChI=1S/C31H32N6O5/c1-3-22(20-10-5-4-6-11-20)33-25-26(31(42)35(2)30(25)41)34-23-14-9-12-21(27(23)38)28(39)36-16-18-37(19-17-36)29(40)24-13-7-8-15-32-24/h4-15,34,38,41-42H,3,16-19H2,1-2H3. The number of carbonyl (C=O) groups is 2. The molecule has 1 fully saturated rings. The van der Waals surface area contributed by atoms with E-state index in [9.17, 15) is 24.9 Å². The Morgan fingerprint density at radius 3 is 2.17 bits per heavy atom. The van der Waals surface area contributed by atoms with E-state index in [1.54, 1.807) is 46.3 Å². The molecule has 2 aromatic carbocycles. The summed E-state index contributed by atoms with van der Waals surface area (Å²) in [4.78, 5) is 38.1. The number of benzene rings is 2. The molecule has 1 aliphatic rings. The molecular weight excluding hydrogens is 536 g/mol. The molecule has 2 aromatic heterocycles. The molecule has 0 radical (unpaired) electrons. The van der Waals surface area contributed by atoms with E-state index in [4.69, 9.17) is 0 Å². The lowest BCUT2D eigenvalue weighted by Crippen LogP contribution is -2.50. The summed E-state index contributed by atoms with van der Waals surface area (Å²) < 4.78 is 1.18. The number of nitrogens with one attached hydrogen (secondary N) is 1. The molecule has 5 rings (SSSR count). The fourth-order valence-corrected chi connectivity index (χ4v) is 4.86. The summed E-state index contributed by atoms with van der Waals surface area (Å²) in [6.45, 7) is 3.19. The van der Waals surface area contributed by atoms with Crippen LogP contribution >= 0.6 is 0 Å². The second kappa shape index (κ2) is 12.0. The van der Waals surface area contributed by atoms with Crippen LogP contribution in [0.4, 0.5) is 17.1 Å². The van der Waals surface area contributed by atoms with Crippen molar-refractivity contribution in [1.82, 2.24) is 19.4 Å². The van der Waals surface area contributed by atoms with Crippen molar-refractivity contribution >= 4 is 34.6 Å². The highest BCUT2D eigenvalue weighted by Gasteiger charge is 2.28. The Labute approximate surface area is 243 Å². The van der Waals surface area contributed by atoms with Gasteiger partial charge in [-0.25, -0.2) is 4.99 Å². The fraction of sp³-hybridized carbons (Fsp3) is 0.226. The zero-order chi connectivity index (χ0) is 29.8. The minimum Gasteiger partial charge on any atom is -0.505 e. The van der Waals surface area contributed by atoms with E-state index >= 15 is 0 Å². The second-order valence-corrected chi connectivity index (χ2v) is 9.83. The number of aliphatic imine (C=N–C) groups is 1. The van der Waals surface area contributed by atoms with Crippen molar-refractivity contribution in [3.63, 3.8) is 0 Å². The average Bonchev–Trinajstić information content (AvgIpc) is 3.23. The Bertz CT molecular complexity index is 1630. The van der Waals surface area contributed by atoms with Crippen LogP contribution in [0.5, 0.6) is 17.5 Å². The van der Waals surface area contributed by atoms with Crippen LogP contribution in [-0.2, 0) is 7.05 Å². The van der Waals surface area contributed by atoms with Gasteiger partial charge in [0.2, 0.25) is 11.8 Å². The molecule has 0 spiro atoms. The maximum Gasteiger partial charge on any atom is 0.272 e. The lowest BCUT2D eigenvalue weighted by molar-refractivity contribution is 0.0530. The van der Waals surface area contributed by atoms with Gasteiger partial charge in [-0.3, -0.25) is 19.1 Å². The zero-order valence-corrected chi connectivity index (χ0v) is 23.4. The largest absolute Gasteiger partial charge is 0.505 e. The number of phenolic OH excluding ortho intramolecular Hbond substituents is 1. The number of rotatable bonds is 7. The van der Waals surface area contributed by atoms with E-state index in [1.165, 1.54) is 17.7 Å². The smallest absolute Gasteiger partial charge is 0.272 e. The monoisotopic (exact) mass is 568 g/mol. The Morgan fingerprint density at radius 2 is 1.52 bits per heavy atom. The number of hydrogen-bond donors (Lipinski definition) is 4. The third-order valence-electron chi connectivity index (χ3n) is 7.26. The van der Waals surface area contributed by atoms with Crippen molar-refractivity contribution in [2.75, 3.05) is 31.5 Å². The summed E-state index contributed by atoms with van der Waals surface area (Å²) in [5.74, 6) is -1.45. The van der Waals surface area contributed by atoms with Gasteiger partial charge in [-0.15, -0.1) is 0 Å². The lowest BCUT2D eigenvalue weighted by Gasteiger charge is -2.34. The van der Waals surface area contributed by atoms with E-state index in [0.29, 0.717) is 44.0 Å². The maximum atomic E-state index is 13.4. The predicted molar refractivity (Wildman–Crippen MR) is 159 cm³/mol. The highest BCUT2D eigenvalue weighted by molar-refractivity contribution is 6.04. The van der Waals surface area contributed by atoms with Gasteiger partial charge in [0.1, 0.15) is 11.4 Å². The second-order valence-electron chi connectivity index (χ2n) is 9.83. The SMILES string of the molecule is CCC(=Nc1c(Nc2cccc(C(=O)N3CCN(C(=O)c4ccccn4)CC3)c2O)c(O)n(C)c1O)c1ccccc1. The van der Waals surface area contributed by atoms with Crippen molar-refractivity contribution in [2.45, 2.75) is 13.3 Å². The lowest BCUT2D eigenvalue weighted by atomic mass is 10.1. The molecule has 0 aliphatic carbocycles. The molecule has 1 saturated heterocycles. The van der Waals surface area contributed by atoms with Crippen LogP contribution in [0, 0.1) is 0 Å². The first-order chi connectivity index (χ1) is 20.3. The molecule has 0 atom stereocenters. The molecule has 2 amide bonds. The topological polar surface area (TPSA) is 144 Å². The minimum absolute atomic E-state index is 0.0627. The molecule has 0 unspecified atom stereocenters. The van der Waals surface area contributed by atoms with E-state index in [0.717, 1.165) is 5.56 Å². The van der Waals surface area contributed by atoms with Gasteiger partial charge >= 0.3 is 0 Å². The Balaban J connectivity index is 1.37. The summed E-state index contributed by atoms with van der Waals surface area (Å²) >= 11 is 0. The Morgan fingerprint density at radius 1 is 0.857 bits per heavy atom. The van der Waals surface area contributed by atoms with Crippen LogP contribution in [0.3, 0.4) is 0 Å². The third kappa shape index (κ3) is 5.49. The number of carbonyl (C=O) groups excluding carboxylic acids is 2. The van der Waals surface area contributed by atoms with Gasteiger partial charge in [0.05, 0.1) is 11.3 Å². The van der Waals surface area contributed by atoms with Crippen molar-refractivity contribution in [3.8, 4) is 17.5 Å². The minimum atomic E-state index is -0.392. The number of phenols is 1. The number of para-hydroxylation sites is 1. The van der Waals surface area contributed by atoms with Crippen molar-refractivity contribution < 1.29 is 24.9 Å². The zero-order valence-electron chi connectivity index (χ0n) is 23.4. The third-order valence-corrected chi connectivity index (χ3v) is 7.26. The number of hydrogen-bond acceptors (Lipinski definition) is 8. The molecule has 216 valence electrons. The highest BCUT2D eigenvalue weighted by atomic mass is 16.3. The number of aromatic nitrogens is 2. The van der Waals surface area contributed by atoms with Gasteiger partial charge in [0.15, 0.2) is 11.4 Å². The van der Waals surface area contributed by atoms with Crippen LogP contribution < -0.4 is 5.32 Å². The quantitative estimate of drug-likeness (QED) is 0.191. The molecule has 4 aromatic rings. The number of piperazine rings is 1. The number of aromatic hydroxyl groups is 3. The normalized spacial score (nSPS) is 13.7. The molecule has 3 heterocycles. The number of nitrogens with zero attached hydrogens (tertiary/aromatic N) is 5. The highest BCUT2D eigenvalue weighted by Crippen LogP contribution is 2.47. The summed E-state index contributed by atoms with van der Waals surface area (Å²) in [6.07, 6.45) is 2.13. The first-order valence-corrected chi connectivity index (χ1v) is 13.6. The Hall–Kier alpha value is -5.32. The van der Waals surface area contributed by atoms with E-state index in [-0.39, 0.29) is 46.0 Å². The van der Waals surface area contributed by atoms with Crippen LogP contribution in [0.15, 0.2) is 77.9 Å².